The van der Waals surface area contributed by atoms with Crippen LogP contribution in [0.25, 0.3) is 0 Å². The third-order valence-electron chi connectivity index (χ3n) is 4.75. The minimum absolute atomic E-state index is 0.00486. The number of carbonyl (C=O) groups excluding carboxylic acids is 1. The van der Waals surface area contributed by atoms with Crippen LogP contribution < -0.4 is 4.72 Å². The second-order valence-electron chi connectivity index (χ2n) is 6.61. The zero-order valence-corrected chi connectivity index (χ0v) is 16.2. The number of nitrogens with one attached hydrogen (secondary N) is 1. The molecular weight excluding hydrogens is 388 g/mol. The van der Waals surface area contributed by atoms with Gasteiger partial charge in [0.05, 0.1) is 11.3 Å². The molecule has 3 aromatic carbocycles. The van der Waals surface area contributed by atoms with Crippen molar-refractivity contribution < 1.29 is 18.0 Å². The summed E-state index contributed by atoms with van der Waals surface area (Å²) >= 11 is 0. The van der Waals surface area contributed by atoms with Crippen LogP contribution in [0.3, 0.4) is 0 Å². The molecular formula is C22H18N2O4S. The molecule has 0 aromatic heterocycles. The maximum Gasteiger partial charge on any atom is 0.282 e. The second kappa shape index (κ2) is 7.52. The average Bonchev–Trinajstić information content (AvgIpc) is 3.22. The molecule has 0 saturated heterocycles. The summed E-state index contributed by atoms with van der Waals surface area (Å²) in [5.41, 5.74) is 0.663. The number of rotatable bonds is 5. The van der Waals surface area contributed by atoms with Crippen LogP contribution in [0.2, 0.25) is 0 Å². The van der Waals surface area contributed by atoms with Gasteiger partial charge in [0.1, 0.15) is 0 Å². The van der Waals surface area contributed by atoms with Crippen molar-refractivity contribution in [2.45, 2.75) is 16.9 Å². The van der Waals surface area contributed by atoms with Crippen molar-refractivity contribution in [3.8, 4) is 0 Å². The quantitative estimate of drug-likeness (QED) is 0.705. The van der Waals surface area contributed by atoms with Gasteiger partial charge in [-0.05, 0) is 12.1 Å². The number of benzene rings is 3. The van der Waals surface area contributed by atoms with Gasteiger partial charge in [-0.3, -0.25) is 4.79 Å². The van der Waals surface area contributed by atoms with Crippen molar-refractivity contribution in [2.24, 2.45) is 5.16 Å². The van der Waals surface area contributed by atoms with E-state index in [-0.39, 0.29) is 17.0 Å². The van der Waals surface area contributed by atoms with Crippen LogP contribution >= 0.6 is 0 Å². The fourth-order valence-corrected chi connectivity index (χ4v) is 4.28. The van der Waals surface area contributed by atoms with Crippen LogP contribution in [0.1, 0.15) is 17.5 Å². The Kier molecular flexibility index (Phi) is 4.90. The Labute approximate surface area is 168 Å². The topological polar surface area (TPSA) is 84.8 Å². The lowest BCUT2D eigenvalue weighted by Gasteiger charge is -2.27. The van der Waals surface area contributed by atoms with Crippen molar-refractivity contribution in [1.82, 2.24) is 4.72 Å². The monoisotopic (exact) mass is 406 g/mol. The van der Waals surface area contributed by atoms with E-state index < -0.39 is 21.5 Å². The van der Waals surface area contributed by atoms with Gasteiger partial charge in [-0.2, -0.15) is 0 Å². The summed E-state index contributed by atoms with van der Waals surface area (Å²) < 4.78 is 27.0. The lowest BCUT2D eigenvalue weighted by molar-refractivity contribution is -0.113. The first-order valence-corrected chi connectivity index (χ1v) is 10.5. The zero-order chi connectivity index (χ0) is 20.3. The Bertz CT molecular complexity index is 1110. The van der Waals surface area contributed by atoms with E-state index in [0.29, 0.717) is 0 Å². The maximum atomic E-state index is 12.7. The summed E-state index contributed by atoms with van der Waals surface area (Å²) in [6.07, 6.45) is 0.108. The largest absolute Gasteiger partial charge is 0.379 e. The van der Waals surface area contributed by atoms with E-state index in [4.69, 9.17) is 4.84 Å². The number of sulfonamides is 1. The third kappa shape index (κ3) is 3.64. The highest BCUT2D eigenvalue weighted by Crippen LogP contribution is 2.41. The Balaban J connectivity index is 1.62. The van der Waals surface area contributed by atoms with Gasteiger partial charge in [-0.1, -0.05) is 84.0 Å². The molecule has 0 aliphatic carbocycles. The predicted octanol–water partition coefficient (Wildman–Crippen LogP) is 3.21. The summed E-state index contributed by atoms with van der Waals surface area (Å²) in [5.74, 6) is -0.803. The fraction of sp³-hybridized carbons (Fsp3) is 0.0909. The lowest BCUT2D eigenvalue weighted by Crippen LogP contribution is -2.37. The highest BCUT2D eigenvalue weighted by molar-refractivity contribution is 7.90. The molecule has 4 rings (SSSR count). The SMILES string of the molecule is O=C(NS(=O)(=O)c1ccccc1)C1=NOC(c2ccccc2)(c2ccccc2)C1. The number of nitrogens with zero attached hydrogens (tertiary/aromatic N) is 1. The summed E-state index contributed by atoms with van der Waals surface area (Å²) in [5, 5.41) is 3.96. The Hall–Kier alpha value is -3.45. The van der Waals surface area contributed by atoms with Gasteiger partial charge >= 0.3 is 0 Å². The highest BCUT2D eigenvalue weighted by Gasteiger charge is 2.45. The van der Waals surface area contributed by atoms with Gasteiger partial charge < -0.3 is 4.84 Å². The van der Waals surface area contributed by atoms with E-state index in [2.05, 4.69) is 9.88 Å². The van der Waals surface area contributed by atoms with Gasteiger partial charge in [0.25, 0.3) is 15.9 Å². The molecule has 7 heteroatoms. The van der Waals surface area contributed by atoms with Gasteiger partial charge in [0, 0.05) is 11.1 Å². The van der Waals surface area contributed by atoms with Crippen LogP contribution in [-0.4, -0.2) is 20.0 Å². The molecule has 0 saturated carbocycles. The van der Waals surface area contributed by atoms with Crippen molar-refractivity contribution in [3.63, 3.8) is 0 Å². The van der Waals surface area contributed by atoms with E-state index in [1.165, 1.54) is 12.1 Å². The van der Waals surface area contributed by atoms with Gasteiger partial charge in [-0.15, -0.1) is 0 Å². The molecule has 0 fully saturated rings. The van der Waals surface area contributed by atoms with Crippen LogP contribution in [-0.2, 0) is 25.3 Å². The molecule has 1 aliphatic heterocycles. The first-order valence-electron chi connectivity index (χ1n) is 9.00. The average molecular weight is 406 g/mol. The summed E-state index contributed by atoms with van der Waals surface area (Å²) in [6, 6.07) is 26.6. The van der Waals surface area contributed by atoms with Crippen molar-refractivity contribution in [2.75, 3.05) is 0 Å². The van der Waals surface area contributed by atoms with E-state index in [9.17, 15) is 13.2 Å². The Morgan fingerprint density at radius 2 is 1.31 bits per heavy atom. The third-order valence-corrected chi connectivity index (χ3v) is 6.10. The normalized spacial score (nSPS) is 15.2. The highest BCUT2D eigenvalue weighted by atomic mass is 32.2. The molecule has 146 valence electrons. The molecule has 29 heavy (non-hydrogen) atoms. The second-order valence-corrected chi connectivity index (χ2v) is 8.30. The van der Waals surface area contributed by atoms with E-state index in [1.54, 1.807) is 18.2 Å². The number of oxime groups is 1. The first-order chi connectivity index (χ1) is 14.0. The van der Waals surface area contributed by atoms with E-state index in [1.807, 2.05) is 60.7 Å². The molecule has 0 atom stereocenters. The summed E-state index contributed by atoms with van der Waals surface area (Å²) in [6.45, 7) is 0. The molecule has 0 bridgehead atoms. The van der Waals surface area contributed by atoms with E-state index >= 15 is 0 Å². The molecule has 3 aromatic rings. The number of amides is 1. The number of hydrogen-bond acceptors (Lipinski definition) is 5. The maximum absolute atomic E-state index is 12.7. The van der Waals surface area contributed by atoms with Gasteiger partial charge in [0.15, 0.2) is 11.3 Å². The fourth-order valence-electron chi connectivity index (χ4n) is 3.29. The molecule has 0 unspecified atom stereocenters. The van der Waals surface area contributed by atoms with Gasteiger partial charge in [-0.25, -0.2) is 13.1 Å². The van der Waals surface area contributed by atoms with Crippen LogP contribution in [0.15, 0.2) is 101 Å². The number of hydrogen-bond donors (Lipinski definition) is 1. The summed E-state index contributed by atoms with van der Waals surface area (Å²) in [4.78, 5) is 18.5. The number of carbonyl (C=O) groups is 1. The van der Waals surface area contributed by atoms with Crippen LogP contribution in [0, 0.1) is 0 Å². The molecule has 1 amide bonds. The molecule has 0 radical (unpaired) electrons. The Morgan fingerprint density at radius 1 is 0.828 bits per heavy atom. The summed E-state index contributed by atoms with van der Waals surface area (Å²) in [7, 11) is -4.00. The van der Waals surface area contributed by atoms with E-state index in [0.717, 1.165) is 11.1 Å². The molecule has 1 aliphatic rings. The zero-order valence-electron chi connectivity index (χ0n) is 15.4. The van der Waals surface area contributed by atoms with Crippen molar-refractivity contribution >= 4 is 21.6 Å². The lowest BCUT2D eigenvalue weighted by atomic mass is 9.82. The van der Waals surface area contributed by atoms with Crippen molar-refractivity contribution in [3.05, 3.63) is 102 Å². The van der Waals surface area contributed by atoms with Gasteiger partial charge in [0.2, 0.25) is 0 Å². The Morgan fingerprint density at radius 3 is 1.83 bits per heavy atom. The first kappa shape index (κ1) is 18.9. The standard InChI is InChI=1S/C22H18N2O4S/c25-21(24-29(26,27)19-14-8-3-9-15-19)20-16-22(28-23-20,17-10-4-1-5-11-17)18-12-6-2-7-13-18/h1-15H,16H2,(H,24,25). The van der Waals surface area contributed by atoms with Crippen LogP contribution in [0.4, 0.5) is 0 Å². The molecule has 6 nitrogen and oxygen atoms in total. The molecule has 0 spiro atoms. The molecule has 1 N–H and O–H groups in total. The molecule has 1 heterocycles. The minimum Gasteiger partial charge on any atom is -0.379 e. The van der Waals surface area contributed by atoms with Crippen molar-refractivity contribution in [1.29, 1.82) is 0 Å². The predicted molar refractivity (Wildman–Crippen MR) is 109 cm³/mol. The minimum atomic E-state index is -4.00. The van der Waals surface area contributed by atoms with Crippen LogP contribution in [0.5, 0.6) is 0 Å². The smallest absolute Gasteiger partial charge is 0.282 e.